The van der Waals surface area contributed by atoms with E-state index in [1.807, 2.05) is 12.2 Å². The molecule has 0 fully saturated rings. The minimum atomic E-state index is -0.835. The fourth-order valence-corrected chi connectivity index (χ4v) is 6.32. The van der Waals surface area contributed by atoms with Crippen LogP contribution in [0.25, 0.3) is 0 Å². The molecule has 322 valence electrons. The quantitative estimate of drug-likeness (QED) is 0.0266. The average molecular weight is 783 g/mol. The first-order valence-electron chi connectivity index (χ1n) is 23.3. The lowest BCUT2D eigenvalue weighted by Crippen LogP contribution is -2.30. The number of hydrogen-bond donors (Lipinski definition) is 0. The van der Waals surface area contributed by atoms with Crippen LogP contribution in [0.2, 0.25) is 0 Å². The van der Waals surface area contributed by atoms with Gasteiger partial charge >= 0.3 is 17.9 Å². The van der Waals surface area contributed by atoms with Crippen molar-refractivity contribution < 1.29 is 28.6 Å². The summed E-state index contributed by atoms with van der Waals surface area (Å²) in [4.78, 5) is 37.6. The first-order chi connectivity index (χ1) is 27.5. The molecule has 0 amide bonds. The summed E-state index contributed by atoms with van der Waals surface area (Å²) in [6, 6.07) is 0. The van der Waals surface area contributed by atoms with Crippen molar-refractivity contribution in [3.05, 3.63) is 60.8 Å². The highest BCUT2D eigenvalue weighted by molar-refractivity contribution is 5.72. The number of allylic oxidation sites excluding steroid dienone is 9. The summed E-state index contributed by atoms with van der Waals surface area (Å²) in [6.45, 7) is 6.36. The molecular weight excluding hydrogens is 697 g/mol. The van der Waals surface area contributed by atoms with Gasteiger partial charge in [0.15, 0.2) is 6.10 Å². The van der Waals surface area contributed by atoms with Crippen LogP contribution in [0.4, 0.5) is 0 Å². The predicted molar refractivity (Wildman–Crippen MR) is 238 cm³/mol. The molecular formula is C50H86O6. The summed E-state index contributed by atoms with van der Waals surface area (Å²) in [7, 11) is 0. The molecule has 0 bridgehead atoms. The normalized spacial score (nSPS) is 12.6. The van der Waals surface area contributed by atoms with Crippen LogP contribution >= 0.6 is 0 Å². The van der Waals surface area contributed by atoms with Gasteiger partial charge in [-0.15, -0.1) is 0 Å². The fourth-order valence-electron chi connectivity index (χ4n) is 6.32. The molecule has 0 aromatic heterocycles. The van der Waals surface area contributed by atoms with E-state index in [1.165, 1.54) is 122 Å². The van der Waals surface area contributed by atoms with Crippen LogP contribution in [-0.2, 0) is 28.6 Å². The van der Waals surface area contributed by atoms with Gasteiger partial charge in [0, 0.05) is 12.8 Å². The highest BCUT2D eigenvalue weighted by Gasteiger charge is 2.19. The standard InChI is InChI=1S/C50H86O6/c1-4-7-10-13-16-19-21-23-24-25-27-28-31-34-37-40-43-49(52)55-46-47(45-54-48(51)42-39-36-33-30-18-15-12-9-6-3)56-50(53)44-41-38-35-32-29-26-22-20-17-14-11-8-5-2/h9,12,18,26,29-30,35-36,38-39,47H,4-8,10-11,13-17,19-25,27-28,31-34,37,40-46H2,1-3H3/b12-9-,29-26-,30-18-,38-35-,39-36-. The van der Waals surface area contributed by atoms with Gasteiger partial charge in [0.2, 0.25) is 0 Å². The van der Waals surface area contributed by atoms with Gasteiger partial charge in [0.05, 0.1) is 6.42 Å². The molecule has 0 aliphatic rings. The smallest absolute Gasteiger partial charge is 0.309 e. The molecule has 0 saturated heterocycles. The molecule has 0 N–H and O–H groups in total. The number of carbonyl (C=O) groups excluding carboxylic acids is 3. The highest BCUT2D eigenvalue weighted by Crippen LogP contribution is 2.15. The van der Waals surface area contributed by atoms with Gasteiger partial charge in [-0.1, -0.05) is 210 Å². The van der Waals surface area contributed by atoms with Crippen LogP contribution in [0, 0.1) is 0 Å². The summed E-state index contributed by atoms with van der Waals surface area (Å²) in [6.07, 6.45) is 54.0. The molecule has 0 aliphatic carbocycles. The van der Waals surface area contributed by atoms with E-state index in [0.29, 0.717) is 12.8 Å². The van der Waals surface area contributed by atoms with E-state index < -0.39 is 18.0 Å². The molecule has 6 heteroatoms. The van der Waals surface area contributed by atoms with E-state index in [9.17, 15) is 14.4 Å². The molecule has 1 atom stereocenters. The molecule has 0 rings (SSSR count). The number of esters is 3. The second-order valence-electron chi connectivity index (χ2n) is 15.3. The summed E-state index contributed by atoms with van der Waals surface area (Å²) in [5, 5.41) is 0. The highest BCUT2D eigenvalue weighted by atomic mass is 16.6. The van der Waals surface area contributed by atoms with E-state index in [4.69, 9.17) is 14.2 Å². The molecule has 1 unspecified atom stereocenters. The zero-order valence-electron chi connectivity index (χ0n) is 36.6. The van der Waals surface area contributed by atoms with Crippen LogP contribution < -0.4 is 0 Å². The van der Waals surface area contributed by atoms with Crippen molar-refractivity contribution >= 4 is 17.9 Å². The van der Waals surface area contributed by atoms with Crippen molar-refractivity contribution in [3.8, 4) is 0 Å². The van der Waals surface area contributed by atoms with Crippen molar-refractivity contribution in [2.24, 2.45) is 0 Å². The lowest BCUT2D eigenvalue weighted by atomic mass is 10.0. The molecule has 0 saturated carbocycles. The van der Waals surface area contributed by atoms with Gasteiger partial charge in [-0.05, 0) is 51.4 Å². The van der Waals surface area contributed by atoms with Gasteiger partial charge in [-0.3, -0.25) is 14.4 Å². The first kappa shape index (κ1) is 53.1. The predicted octanol–water partition coefficient (Wildman–Crippen LogP) is 14.9. The Morgan fingerprint density at radius 1 is 0.393 bits per heavy atom. The SMILES string of the molecule is CC/C=C\C/C=C\C/C=C\CC(=O)OCC(COC(=O)CCCCCCCCCCCCCCCCCC)OC(=O)CC/C=C\C/C=C\CCCCCCCC. The number of ether oxygens (including phenoxy) is 3. The first-order valence-corrected chi connectivity index (χ1v) is 23.3. The van der Waals surface area contributed by atoms with E-state index in [0.717, 1.165) is 51.4 Å². The van der Waals surface area contributed by atoms with Gasteiger partial charge in [0.1, 0.15) is 13.2 Å². The maximum absolute atomic E-state index is 12.7. The maximum atomic E-state index is 12.7. The topological polar surface area (TPSA) is 78.9 Å². The Morgan fingerprint density at radius 2 is 0.804 bits per heavy atom. The summed E-state index contributed by atoms with van der Waals surface area (Å²) < 4.78 is 16.5. The molecule has 0 spiro atoms. The van der Waals surface area contributed by atoms with E-state index in [2.05, 4.69) is 63.3 Å². The minimum Gasteiger partial charge on any atom is -0.462 e. The number of unbranched alkanes of at least 4 members (excludes halogenated alkanes) is 21. The molecule has 0 aromatic carbocycles. The van der Waals surface area contributed by atoms with Crippen molar-refractivity contribution in [3.63, 3.8) is 0 Å². The zero-order valence-corrected chi connectivity index (χ0v) is 36.6. The zero-order chi connectivity index (χ0) is 40.8. The minimum absolute atomic E-state index is 0.122. The Labute approximate surface area is 345 Å². The number of rotatable bonds is 41. The monoisotopic (exact) mass is 783 g/mol. The van der Waals surface area contributed by atoms with Crippen molar-refractivity contribution in [2.75, 3.05) is 13.2 Å². The van der Waals surface area contributed by atoms with Crippen molar-refractivity contribution in [1.82, 2.24) is 0 Å². The van der Waals surface area contributed by atoms with Gasteiger partial charge in [0.25, 0.3) is 0 Å². The molecule has 56 heavy (non-hydrogen) atoms. The Morgan fingerprint density at radius 3 is 1.32 bits per heavy atom. The number of hydrogen-bond acceptors (Lipinski definition) is 6. The van der Waals surface area contributed by atoms with E-state index in [-0.39, 0.29) is 32.0 Å². The van der Waals surface area contributed by atoms with Crippen LogP contribution in [-0.4, -0.2) is 37.2 Å². The third-order valence-electron chi connectivity index (χ3n) is 9.80. The largest absolute Gasteiger partial charge is 0.462 e. The third kappa shape index (κ3) is 42.3. The van der Waals surface area contributed by atoms with Gasteiger partial charge < -0.3 is 14.2 Å². The molecule has 0 aliphatic heterocycles. The van der Waals surface area contributed by atoms with Crippen molar-refractivity contribution in [2.45, 2.75) is 226 Å². The van der Waals surface area contributed by atoms with Crippen LogP contribution in [0.3, 0.4) is 0 Å². The molecule has 0 radical (unpaired) electrons. The lowest BCUT2D eigenvalue weighted by molar-refractivity contribution is -0.166. The summed E-state index contributed by atoms with van der Waals surface area (Å²) in [5.74, 6) is -1.12. The van der Waals surface area contributed by atoms with Crippen molar-refractivity contribution in [1.29, 1.82) is 0 Å². The van der Waals surface area contributed by atoms with Crippen LogP contribution in [0.5, 0.6) is 0 Å². The Kier molecular flexibility index (Phi) is 42.5. The Bertz CT molecular complexity index is 1040. The summed E-state index contributed by atoms with van der Waals surface area (Å²) in [5.41, 5.74) is 0. The van der Waals surface area contributed by atoms with Crippen LogP contribution in [0.15, 0.2) is 60.8 Å². The molecule has 0 heterocycles. The summed E-state index contributed by atoms with van der Waals surface area (Å²) >= 11 is 0. The molecule has 6 nitrogen and oxygen atoms in total. The fraction of sp³-hybridized carbons (Fsp3) is 0.740. The second kappa shape index (κ2) is 44.8. The molecule has 0 aromatic rings. The second-order valence-corrected chi connectivity index (χ2v) is 15.3. The average Bonchev–Trinajstić information content (AvgIpc) is 3.19. The third-order valence-corrected chi connectivity index (χ3v) is 9.80. The van der Waals surface area contributed by atoms with Crippen LogP contribution in [0.1, 0.15) is 220 Å². The lowest BCUT2D eigenvalue weighted by Gasteiger charge is -2.18. The maximum Gasteiger partial charge on any atom is 0.309 e. The number of carbonyl (C=O) groups is 3. The van der Waals surface area contributed by atoms with Gasteiger partial charge in [-0.2, -0.15) is 0 Å². The van der Waals surface area contributed by atoms with E-state index >= 15 is 0 Å². The van der Waals surface area contributed by atoms with E-state index in [1.54, 1.807) is 6.08 Å². The Balaban J connectivity index is 4.44. The van der Waals surface area contributed by atoms with Gasteiger partial charge in [-0.25, -0.2) is 0 Å². The Hall–Kier alpha value is -2.89.